The van der Waals surface area contributed by atoms with E-state index in [1.54, 1.807) is 13.0 Å². The van der Waals surface area contributed by atoms with E-state index in [1.807, 2.05) is 5.43 Å². The van der Waals surface area contributed by atoms with Gasteiger partial charge in [-0.3, -0.25) is 5.43 Å². The van der Waals surface area contributed by atoms with Crippen molar-refractivity contribution >= 4 is 11.9 Å². The molecule has 2 rings (SSSR count). The Morgan fingerprint density at radius 2 is 1.83 bits per heavy atom. The first kappa shape index (κ1) is 16.6. The van der Waals surface area contributed by atoms with Crippen LogP contribution in [0.5, 0.6) is 11.5 Å². The van der Waals surface area contributed by atoms with Crippen LogP contribution in [0.2, 0.25) is 0 Å². The van der Waals surface area contributed by atoms with Crippen LogP contribution in [0.15, 0.2) is 29.4 Å². The summed E-state index contributed by atoms with van der Waals surface area (Å²) in [6.07, 6.45) is 1.03. The van der Waals surface area contributed by atoms with Crippen LogP contribution in [0, 0.1) is 23.3 Å². The van der Waals surface area contributed by atoms with E-state index in [-0.39, 0.29) is 23.1 Å². The van der Waals surface area contributed by atoms with Crippen LogP contribution in [0.4, 0.5) is 23.2 Å². The number of hydrogen-bond donors (Lipinski definition) is 2. The fourth-order valence-corrected chi connectivity index (χ4v) is 1.75. The molecule has 2 aromatic rings. The van der Waals surface area contributed by atoms with Gasteiger partial charge in [0.25, 0.3) is 0 Å². The molecular formula is C15H12F4N2O2. The lowest BCUT2D eigenvalue weighted by atomic mass is 10.2. The van der Waals surface area contributed by atoms with E-state index in [1.165, 1.54) is 12.1 Å². The van der Waals surface area contributed by atoms with Gasteiger partial charge in [0.05, 0.1) is 12.8 Å². The SMILES string of the molecule is CCOc1cccc(/C=N/Nc2c(F)c(F)cc(F)c2F)c1O. The Kier molecular flexibility index (Phi) is 5.05. The number of anilines is 1. The van der Waals surface area contributed by atoms with Crippen molar-refractivity contribution in [2.24, 2.45) is 5.10 Å². The maximum atomic E-state index is 13.4. The molecule has 2 N–H and O–H groups in total. The van der Waals surface area contributed by atoms with Crippen molar-refractivity contribution in [1.29, 1.82) is 0 Å². The molecule has 0 aliphatic rings. The third-order valence-corrected chi connectivity index (χ3v) is 2.82. The van der Waals surface area contributed by atoms with E-state index < -0.39 is 29.0 Å². The minimum atomic E-state index is -1.60. The Morgan fingerprint density at radius 1 is 1.17 bits per heavy atom. The van der Waals surface area contributed by atoms with Crippen LogP contribution in [0.1, 0.15) is 12.5 Å². The molecular weight excluding hydrogens is 316 g/mol. The first-order valence-corrected chi connectivity index (χ1v) is 6.52. The van der Waals surface area contributed by atoms with Crippen molar-refractivity contribution in [3.05, 3.63) is 53.1 Å². The highest BCUT2D eigenvalue weighted by atomic mass is 19.2. The quantitative estimate of drug-likeness (QED) is 0.380. The molecule has 0 aromatic heterocycles. The van der Waals surface area contributed by atoms with Gasteiger partial charge >= 0.3 is 0 Å². The summed E-state index contributed by atoms with van der Waals surface area (Å²) < 4.78 is 58.1. The number of nitrogens with one attached hydrogen (secondary N) is 1. The highest BCUT2D eigenvalue weighted by Gasteiger charge is 2.18. The van der Waals surface area contributed by atoms with Crippen LogP contribution < -0.4 is 10.2 Å². The second kappa shape index (κ2) is 6.99. The molecule has 4 nitrogen and oxygen atoms in total. The zero-order valence-electron chi connectivity index (χ0n) is 11.9. The third-order valence-electron chi connectivity index (χ3n) is 2.82. The summed E-state index contributed by atoms with van der Waals surface area (Å²) in [4.78, 5) is 0. The molecule has 0 radical (unpaired) electrons. The van der Waals surface area contributed by atoms with Gasteiger partial charge in [0.15, 0.2) is 34.8 Å². The van der Waals surface area contributed by atoms with Gasteiger partial charge in [-0.25, -0.2) is 17.6 Å². The minimum Gasteiger partial charge on any atom is -0.504 e. The van der Waals surface area contributed by atoms with Crippen molar-refractivity contribution < 1.29 is 27.4 Å². The predicted octanol–water partition coefficient (Wildman–Crippen LogP) is 3.79. The molecule has 0 aliphatic heterocycles. The third kappa shape index (κ3) is 3.53. The molecule has 122 valence electrons. The topological polar surface area (TPSA) is 53.8 Å². The molecule has 0 heterocycles. The van der Waals surface area contributed by atoms with Crippen LogP contribution in [-0.2, 0) is 0 Å². The molecule has 0 spiro atoms. The van der Waals surface area contributed by atoms with Crippen molar-refractivity contribution in [2.45, 2.75) is 6.92 Å². The molecule has 0 saturated heterocycles. The monoisotopic (exact) mass is 328 g/mol. The van der Waals surface area contributed by atoms with Crippen LogP contribution in [0.3, 0.4) is 0 Å². The van der Waals surface area contributed by atoms with Crippen LogP contribution in [-0.4, -0.2) is 17.9 Å². The van der Waals surface area contributed by atoms with Gasteiger partial charge in [0, 0.05) is 11.6 Å². The number of hydrazone groups is 1. The van der Waals surface area contributed by atoms with Gasteiger partial charge in [0.2, 0.25) is 0 Å². The summed E-state index contributed by atoms with van der Waals surface area (Å²) in [5, 5.41) is 13.4. The lowest BCUT2D eigenvalue weighted by molar-refractivity contribution is 0.318. The molecule has 0 bridgehead atoms. The standard InChI is InChI=1S/C15H12F4N2O2/c1-2-23-11-5-3-4-8(15(11)22)7-20-21-14-12(18)9(16)6-10(17)13(14)19/h3-7,21-22H,2H2,1H3/b20-7+. The normalized spacial score (nSPS) is 11.0. The molecule has 0 atom stereocenters. The lowest BCUT2D eigenvalue weighted by Gasteiger charge is -2.08. The van der Waals surface area contributed by atoms with Crippen molar-refractivity contribution in [1.82, 2.24) is 0 Å². The number of para-hydroxylation sites is 1. The molecule has 8 heteroatoms. The van der Waals surface area contributed by atoms with Gasteiger partial charge in [-0.15, -0.1) is 0 Å². The molecule has 0 aliphatic carbocycles. The van der Waals surface area contributed by atoms with Crippen molar-refractivity contribution in [2.75, 3.05) is 12.0 Å². The van der Waals surface area contributed by atoms with Crippen LogP contribution >= 0.6 is 0 Å². The summed E-state index contributed by atoms with van der Waals surface area (Å²) >= 11 is 0. The summed E-state index contributed by atoms with van der Waals surface area (Å²) in [5.41, 5.74) is 0.989. The number of halogens is 4. The number of phenols is 1. The largest absolute Gasteiger partial charge is 0.504 e. The second-order valence-electron chi connectivity index (χ2n) is 4.34. The van der Waals surface area contributed by atoms with Gasteiger partial charge in [-0.1, -0.05) is 6.07 Å². The first-order valence-electron chi connectivity index (χ1n) is 6.52. The molecule has 0 unspecified atom stereocenters. The Balaban J connectivity index is 2.25. The average Bonchev–Trinajstić information content (AvgIpc) is 2.52. The molecule has 0 fully saturated rings. The minimum absolute atomic E-state index is 0.0942. The van der Waals surface area contributed by atoms with E-state index in [2.05, 4.69) is 5.10 Å². The smallest absolute Gasteiger partial charge is 0.186 e. The Labute approximate surface area is 129 Å². The summed E-state index contributed by atoms with van der Waals surface area (Å²) in [7, 11) is 0. The fourth-order valence-electron chi connectivity index (χ4n) is 1.75. The Bertz CT molecular complexity index is 724. The number of phenolic OH excluding ortho intramolecular Hbond substituents is 1. The number of aromatic hydroxyl groups is 1. The number of nitrogens with zero attached hydrogens (tertiary/aromatic N) is 1. The van der Waals surface area contributed by atoms with Gasteiger partial charge in [-0.2, -0.15) is 5.10 Å². The fraction of sp³-hybridized carbons (Fsp3) is 0.133. The zero-order valence-corrected chi connectivity index (χ0v) is 11.9. The summed E-state index contributed by atoms with van der Waals surface area (Å²) in [6.45, 7) is 2.05. The van der Waals surface area contributed by atoms with E-state index in [4.69, 9.17) is 4.74 Å². The zero-order chi connectivity index (χ0) is 17.0. The number of hydrogen-bond acceptors (Lipinski definition) is 4. The summed E-state index contributed by atoms with van der Waals surface area (Å²) in [6, 6.07) is 4.64. The second-order valence-corrected chi connectivity index (χ2v) is 4.34. The first-order chi connectivity index (χ1) is 11.0. The summed E-state index contributed by atoms with van der Waals surface area (Å²) in [5.74, 6) is -6.34. The van der Waals surface area contributed by atoms with Gasteiger partial charge in [-0.05, 0) is 19.1 Å². The maximum absolute atomic E-state index is 13.4. The van der Waals surface area contributed by atoms with E-state index >= 15 is 0 Å². The number of ether oxygens (including phenoxy) is 1. The van der Waals surface area contributed by atoms with E-state index in [9.17, 15) is 22.7 Å². The van der Waals surface area contributed by atoms with E-state index in [0.29, 0.717) is 6.61 Å². The highest BCUT2D eigenvalue weighted by molar-refractivity contribution is 5.85. The molecule has 2 aromatic carbocycles. The highest BCUT2D eigenvalue weighted by Crippen LogP contribution is 2.29. The Hall–Kier alpha value is -2.77. The Morgan fingerprint density at radius 3 is 2.43 bits per heavy atom. The lowest BCUT2D eigenvalue weighted by Crippen LogP contribution is -2.03. The predicted molar refractivity (Wildman–Crippen MR) is 76.8 cm³/mol. The number of rotatable bonds is 5. The maximum Gasteiger partial charge on any atom is 0.186 e. The van der Waals surface area contributed by atoms with E-state index in [0.717, 1.165) is 6.21 Å². The molecule has 0 saturated carbocycles. The van der Waals surface area contributed by atoms with Gasteiger partial charge in [0.1, 0.15) is 5.69 Å². The van der Waals surface area contributed by atoms with Crippen molar-refractivity contribution in [3.63, 3.8) is 0 Å². The van der Waals surface area contributed by atoms with Gasteiger partial charge < -0.3 is 9.84 Å². The average molecular weight is 328 g/mol. The molecule has 0 amide bonds. The molecule has 23 heavy (non-hydrogen) atoms. The number of benzene rings is 2. The van der Waals surface area contributed by atoms with Crippen LogP contribution in [0.25, 0.3) is 0 Å². The van der Waals surface area contributed by atoms with Crippen molar-refractivity contribution in [3.8, 4) is 11.5 Å².